The maximum absolute atomic E-state index is 14.1. The summed E-state index contributed by atoms with van der Waals surface area (Å²) < 4.78 is 6.74. The number of nitro groups is 1. The van der Waals surface area contributed by atoms with Gasteiger partial charge in [0.25, 0.3) is 0 Å². The Morgan fingerprint density at radius 2 is 1.78 bits per heavy atom. The molecule has 64 heavy (non-hydrogen) atoms. The first kappa shape index (κ1) is 45.3. The van der Waals surface area contributed by atoms with Crippen LogP contribution in [0, 0.1) is 21.4 Å². The number of hydrogen-bond acceptors (Lipinski definition) is 11. The Morgan fingerprint density at radius 1 is 1.06 bits per heavy atom. The van der Waals surface area contributed by atoms with E-state index in [1.54, 1.807) is 42.7 Å². The largest absolute Gasteiger partial charge is 0.444 e. The second-order valence-electron chi connectivity index (χ2n) is 18.3. The molecule has 2 aliphatic heterocycles. The van der Waals surface area contributed by atoms with Gasteiger partial charge in [0, 0.05) is 91.4 Å². The van der Waals surface area contributed by atoms with Crippen molar-refractivity contribution in [2.45, 2.75) is 110 Å². The number of nitrogens with zero attached hydrogens (tertiary/aromatic N) is 7. The molecule has 7 rings (SSSR count). The molecule has 18 nitrogen and oxygen atoms in total. The molecule has 3 aliphatic rings. The van der Waals surface area contributed by atoms with Crippen molar-refractivity contribution in [2.75, 3.05) is 44.2 Å². The lowest BCUT2D eigenvalue weighted by Gasteiger charge is -2.39. The van der Waals surface area contributed by atoms with Crippen molar-refractivity contribution in [1.82, 2.24) is 35.0 Å². The van der Waals surface area contributed by atoms with Crippen LogP contribution in [0.4, 0.5) is 16.4 Å². The van der Waals surface area contributed by atoms with Gasteiger partial charge >= 0.3 is 12.0 Å². The van der Waals surface area contributed by atoms with Crippen molar-refractivity contribution in [1.29, 1.82) is 5.26 Å². The molecule has 3 N–H and O–H groups in total. The van der Waals surface area contributed by atoms with E-state index in [0.29, 0.717) is 62.3 Å². The number of anilines is 1. The molecule has 2 aromatic heterocycles. The first-order valence-electron chi connectivity index (χ1n) is 21.9. The predicted molar refractivity (Wildman–Crippen MR) is 237 cm³/mol. The summed E-state index contributed by atoms with van der Waals surface area (Å²) in [6.45, 7) is 14.4. The van der Waals surface area contributed by atoms with Crippen LogP contribution < -0.4 is 15.5 Å². The highest BCUT2D eigenvalue weighted by Crippen LogP contribution is 2.46. The van der Waals surface area contributed by atoms with E-state index in [2.05, 4.69) is 58.4 Å². The number of aromatic amines is 1. The second kappa shape index (κ2) is 18.1. The van der Waals surface area contributed by atoms with Crippen LogP contribution in [0.1, 0.15) is 112 Å². The van der Waals surface area contributed by atoms with Gasteiger partial charge in [-0.2, -0.15) is 5.26 Å². The van der Waals surface area contributed by atoms with Crippen LogP contribution in [-0.4, -0.2) is 116 Å². The van der Waals surface area contributed by atoms with Crippen LogP contribution in [0.5, 0.6) is 0 Å². The molecule has 4 heterocycles. The molecule has 18 heteroatoms. The highest BCUT2D eigenvalue weighted by atomic mass is 16.6. The molecular formula is C46H56N10O8. The Morgan fingerprint density at radius 3 is 2.45 bits per heavy atom. The summed E-state index contributed by atoms with van der Waals surface area (Å²) in [5.74, 6) is -1.10. The number of ketones is 1. The van der Waals surface area contributed by atoms with Crippen molar-refractivity contribution >= 4 is 52.1 Å². The van der Waals surface area contributed by atoms with Gasteiger partial charge in [-0.3, -0.25) is 19.2 Å². The predicted octanol–water partition coefficient (Wildman–Crippen LogP) is 5.10. The number of nitrogens with one attached hydrogen (secondary N) is 3. The smallest absolute Gasteiger partial charge is 0.434 e. The minimum Gasteiger partial charge on any atom is -0.444 e. The summed E-state index contributed by atoms with van der Waals surface area (Å²) in [6.07, 6.45) is 3.81. The number of carbonyl (C=O) groups excluding carboxylic acids is 5. The number of H-pyrrole nitrogens is 1. The summed E-state index contributed by atoms with van der Waals surface area (Å²) in [4.78, 5) is 90.7. The average molecular weight is 877 g/mol. The number of piperazine rings is 1. The molecule has 2 fully saturated rings. The van der Waals surface area contributed by atoms with E-state index in [1.807, 2.05) is 12.1 Å². The monoisotopic (exact) mass is 876 g/mol. The van der Waals surface area contributed by atoms with Gasteiger partial charge in [-0.15, -0.1) is 0 Å². The molecule has 2 atom stereocenters. The van der Waals surface area contributed by atoms with Gasteiger partial charge in [-0.1, -0.05) is 31.8 Å². The average Bonchev–Trinajstić information content (AvgIpc) is 4.03. The topological polar surface area (TPSA) is 229 Å². The molecule has 0 saturated carbocycles. The Bertz CT molecular complexity index is 2540. The fourth-order valence-corrected chi connectivity index (χ4v) is 9.12. The Kier molecular flexibility index (Phi) is 12.8. The number of aromatic nitrogens is 3. The first-order chi connectivity index (χ1) is 30.4. The third-order valence-electron chi connectivity index (χ3n) is 12.5. The number of benzene rings is 2. The molecule has 4 amide bonds. The van der Waals surface area contributed by atoms with Crippen LogP contribution in [0.25, 0.3) is 10.9 Å². The highest BCUT2D eigenvalue weighted by Gasteiger charge is 2.41. The minimum atomic E-state index is -0.994. The van der Waals surface area contributed by atoms with Gasteiger partial charge in [0.2, 0.25) is 17.7 Å². The van der Waals surface area contributed by atoms with Gasteiger partial charge in [-0.05, 0) is 86.8 Å². The summed E-state index contributed by atoms with van der Waals surface area (Å²) in [7, 11) is 0. The Hall–Kier alpha value is -6.77. The molecule has 0 unspecified atom stereocenters. The van der Waals surface area contributed by atoms with Crippen LogP contribution in [0.2, 0.25) is 0 Å². The van der Waals surface area contributed by atoms with E-state index in [1.165, 1.54) is 17.0 Å². The zero-order valence-corrected chi connectivity index (χ0v) is 37.3. The van der Waals surface area contributed by atoms with Gasteiger partial charge in [-0.25, -0.2) is 9.36 Å². The quantitative estimate of drug-likeness (QED) is 0.118. The lowest BCUT2D eigenvalue weighted by Crippen LogP contribution is -2.51. The van der Waals surface area contributed by atoms with Crippen molar-refractivity contribution in [3.8, 4) is 6.07 Å². The van der Waals surface area contributed by atoms with Gasteiger partial charge in [0.15, 0.2) is 5.78 Å². The van der Waals surface area contributed by atoms with Gasteiger partial charge in [0.05, 0.1) is 23.7 Å². The van der Waals surface area contributed by atoms with E-state index in [9.17, 15) is 39.3 Å². The SMILES string of the molecule is CCc1cc2c(cc1N1CCN(C(=O)CCC(=O)N3CC[C@@H](NC(=O)[C@H](CCCn4ccnc4[N+](=O)[O-])NC(=O)OC(C)(C)C)C3)CC1)C(C)(C)c1[nH]c3cc(C#N)ccc3c1C2=O. The fourth-order valence-electron chi connectivity index (χ4n) is 9.12. The number of nitriles is 1. The maximum atomic E-state index is 14.1. The number of amides is 4. The molecular weight excluding hydrogens is 821 g/mol. The number of fused-ring (bicyclic) bond motifs is 4. The van der Waals surface area contributed by atoms with Crippen molar-refractivity contribution in [2.24, 2.45) is 0 Å². The number of carbonyl (C=O) groups is 5. The van der Waals surface area contributed by atoms with E-state index in [-0.39, 0.29) is 61.9 Å². The number of aryl methyl sites for hydroxylation is 2. The van der Waals surface area contributed by atoms with E-state index in [0.717, 1.165) is 39.8 Å². The van der Waals surface area contributed by atoms with E-state index in [4.69, 9.17) is 4.74 Å². The maximum Gasteiger partial charge on any atom is 0.434 e. The zero-order chi connectivity index (χ0) is 46.1. The molecule has 2 saturated heterocycles. The van der Waals surface area contributed by atoms with Crippen molar-refractivity contribution in [3.05, 3.63) is 86.4 Å². The minimum absolute atomic E-state index is 0.0322. The molecule has 338 valence electrons. The second-order valence-corrected chi connectivity index (χ2v) is 18.3. The van der Waals surface area contributed by atoms with Crippen molar-refractivity contribution in [3.63, 3.8) is 0 Å². The molecule has 1 aliphatic carbocycles. The van der Waals surface area contributed by atoms with Crippen LogP contribution in [0.15, 0.2) is 42.7 Å². The third-order valence-corrected chi connectivity index (χ3v) is 12.5. The number of imidazole rings is 1. The number of likely N-dealkylation sites (tertiary alicyclic amines) is 1. The van der Waals surface area contributed by atoms with Crippen LogP contribution >= 0.6 is 0 Å². The molecule has 0 radical (unpaired) electrons. The van der Waals surface area contributed by atoms with E-state index < -0.39 is 34.0 Å². The molecule has 4 aromatic rings. The summed E-state index contributed by atoms with van der Waals surface area (Å²) in [6, 6.07) is 10.3. The number of rotatable bonds is 13. The van der Waals surface area contributed by atoms with E-state index >= 15 is 0 Å². The van der Waals surface area contributed by atoms with Gasteiger partial charge in [0.1, 0.15) is 24.0 Å². The Balaban J connectivity index is 0.913. The summed E-state index contributed by atoms with van der Waals surface area (Å²) in [5, 5.41) is 27.1. The third kappa shape index (κ3) is 9.43. The fraction of sp³-hybridized carbons (Fsp3) is 0.500. The Labute approximate surface area is 371 Å². The highest BCUT2D eigenvalue weighted by molar-refractivity contribution is 6.20. The van der Waals surface area contributed by atoms with Crippen LogP contribution in [0.3, 0.4) is 0 Å². The summed E-state index contributed by atoms with van der Waals surface area (Å²) >= 11 is 0. The standard InChI is InChI=1S/C46H56N10O8/c1-7-29-24-32-33(46(5,6)41-39(40(32)59)31-11-10-28(26-47)23-35(31)50-41)25-36(29)52-19-21-53(22-20-52)37(57)12-13-38(58)55-17-14-30(27-55)49-42(60)34(51-44(61)64-45(2,3)4)9-8-16-54-18-15-48-43(54)56(62)63/h10-11,15,18,23-25,30,34,50H,7-9,12-14,16-17,19-22,27H2,1-6H3,(H,49,60)(H,51,61)/t30-,34+/m1/s1. The zero-order valence-electron chi connectivity index (χ0n) is 37.3. The number of ether oxygens (including phenoxy) is 1. The van der Waals surface area contributed by atoms with Crippen LogP contribution in [-0.2, 0) is 37.5 Å². The molecule has 0 spiro atoms. The summed E-state index contributed by atoms with van der Waals surface area (Å²) in [5.41, 5.74) is 5.15. The lowest BCUT2D eigenvalue weighted by molar-refractivity contribution is -0.396. The first-order valence-corrected chi connectivity index (χ1v) is 21.9. The molecule has 0 bridgehead atoms. The van der Waals surface area contributed by atoms with Crippen molar-refractivity contribution < 1.29 is 33.6 Å². The number of hydrogen-bond donors (Lipinski definition) is 3. The molecule has 2 aromatic carbocycles. The van der Waals surface area contributed by atoms with Gasteiger partial charge < -0.3 is 45.2 Å². The lowest BCUT2D eigenvalue weighted by atomic mass is 9.70. The number of alkyl carbamates (subject to hydrolysis) is 1. The normalized spacial score (nSPS) is 17.4.